The molecule has 1 unspecified atom stereocenters. The summed E-state index contributed by atoms with van der Waals surface area (Å²) >= 11 is 14.2. The second-order valence-electron chi connectivity index (χ2n) is 5.27. The number of hydrogen-bond acceptors (Lipinski definition) is 2. The van der Waals surface area contributed by atoms with Crippen LogP contribution in [0.25, 0.3) is 0 Å². The minimum atomic E-state index is 0.155. The predicted molar refractivity (Wildman–Crippen MR) is 87.5 cm³/mol. The van der Waals surface area contributed by atoms with Crippen molar-refractivity contribution in [2.24, 2.45) is 5.73 Å². The number of halogens is 2. The first-order valence-electron chi connectivity index (χ1n) is 6.97. The summed E-state index contributed by atoms with van der Waals surface area (Å²) < 4.78 is 0. The molecule has 0 bridgehead atoms. The van der Waals surface area contributed by atoms with E-state index in [2.05, 4.69) is 0 Å². The van der Waals surface area contributed by atoms with Crippen LogP contribution in [0.3, 0.4) is 0 Å². The summed E-state index contributed by atoms with van der Waals surface area (Å²) in [4.78, 5) is 0. The van der Waals surface area contributed by atoms with Crippen LogP contribution in [0.5, 0.6) is 0 Å². The number of rotatable bonds is 5. The van der Waals surface area contributed by atoms with Gasteiger partial charge in [-0.25, -0.2) is 0 Å². The van der Waals surface area contributed by atoms with E-state index in [0.717, 1.165) is 23.0 Å². The van der Waals surface area contributed by atoms with E-state index in [9.17, 15) is 0 Å². The maximum Gasteiger partial charge on any atom is 0.0624 e. The lowest BCUT2D eigenvalue weighted by Crippen LogP contribution is -2.27. The summed E-state index contributed by atoms with van der Waals surface area (Å²) in [6, 6.07) is 5.92. The van der Waals surface area contributed by atoms with E-state index in [4.69, 9.17) is 28.9 Å². The van der Waals surface area contributed by atoms with Gasteiger partial charge in [0.2, 0.25) is 0 Å². The Morgan fingerprint density at radius 1 is 1.21 bits per heavy atom. The molecular formula is C15H21Cl2NS. The topological polar surface area (TPSA) is 26.0 Å². The summed E-state index contributed by atoms with van der Waals surface area (Å²) in [7, 11) is 0. The van der Waals surface area contributed by atoms with E-state index in [0.29, 0.717) is 10.0 Å². The molecule has 1 fully saturated rings. The Kier molecular flexibility index (Phi) is 6.34. The molecule has 106 valence electrons. The van der Waals surface area contributed by atoms with Crippen LogP contribution in [0, 0.1) is 0 Å². The molecule has 1 aromatic rings. The third-order valence-corrected chi connectivity index (χ3v) is 6.03. The van der Waals surface area contributed by atoms with Crippen LogP contribution in [0.2, 0.25) is 10.0 Å². The molecule has 1 aliphatic carbocycles. The molecule has 0 heterocycles. The fraction of sp³-hybridized carbons (Fsp3) is 0.600. The van der Waals surface area contributed by atoms with E-state index >= 15 is 0 Å². The highest BCUT2D eigenvalue weighted by Gasteiger charge is 2.16. The van der Waals surface area contributed by atoms with Crippen LogP contribution in [0.1, 0.15) is 37.7 Å². The normalized spacial score (nSPS) is 18.5. The molecule has 1 aromatic carbocycles. The quantitative estimate of drug-likeness (QED) is 0.833. The second kappa shape index (κ2) is 7.78. The van der Waals surface area contributed by atoms with E-state index in [1.807, 2.05) is 30.0 Å². The van der Waals surface area contributed by atoms with Crippen molar-refractivity contribution in [3.63, 3.8) is 0 Å². The largest absolute Gasteiger partial charge is 0.327 e. The number of thioether (sulfide) groups is 1. The zero-order valence-corrected chi connectivity index (χ0v) is 13.4. The Hall–Kier alpha value is 0.110. The highest BCUT2D eigenvalue weighted by Crippen LogP contribution is 2.30. The molecular weight excluding hydrogens is 297 g/mol. The van der Waals surface area contributed by atoms with Crippen LogP contribution in [0.4, 0.5) is 0 Å². The lowest BCUT2D eigenvalue weighted by atomic mass is 10.0. The smallest absolute Gasteiger partial charge is 0.0624 e. The third kappa shape index (κ3) is 4.86. The summed E-state index contributed by atoms with van der Waals surface area (Å²) in [5.41, 5.74) is 7.28. The fourth-order valence-corrected chi connectivity index (χ4v) is 4.24. The second-order valence-corrected chi connectivity index (χ2v) is 7.39. The van der Waals surface area contributed by atoms with Gasteiger partial charge in [0.1, 0.15) is 0 Å². The van der Waals surface area contributed by atoms with Crippen LogP contribution in [-0.2, 0) is 6.42 Å². The van der Waals surface area contributed by atoms with Gasteiger partial charge in [-0.3, -0.25) is 0 Å². The van der Waals surface area contributed by atoms with E-state index in [1.165, 1.54) is 32.1 Å². The van der Waals surface area contributed by atoms with Gasteiger partial charge in [-0.05, 0) is 30.9 Å². The molecule has 1 nitrogen and oxygen atoms in total. The molecule has 1 saturated carbocycles. The van der Waals surface area contributed by atoms with Gasteiger partial charge in [0.05, 0.1) is 10.0 Å². The lowest BCUT2D eigenvalue weighted by molar-refractivity contribution is 0.515. The fourth-order valence-electron chi connectivity index (χ4n) is 2.54. The highest BCUT2D eigenvalue weighted by molar-refractivity contribution is 7.99. The SMILES string of the molecule is NC(CSC1CCCCC1)Cc1cccc(Cl)c1Cl. The summed E-state index contributed by atoms with van der Waals surface area (Å²) in [6.45, 7) is 0. The van der Waals surface area contributed by atoms with Gasteiger partial charge in [-0.15, -0.1) is 0 Å². The molecule has 0 aliphatic heterocycles. The molecule has 1 aliphatic rings. The maximum absolute atomic E-state index is 6.22. The van der Waals surface area contributed by atoms with Gasteiger partial charge in [-0.2, -0.15) is 11.8 Å². The van der Waals surface area contributed by atoms with Crippen molar-refractivity contribution in [2.45, 2.75) is 49.8 Å². The average Bonchev–Trinajstić information content (AvgIpc) is 2.43. The molecule has 19 heavy (non-hydrogen) atoms. The number of hydrogen-bond donors (Lipinski definition) is 1. The molecule has 0 amide bonds. The van der Waals surface area contributed by atoms with Crippen molar-refractivity contribution < 1.29 is 0 Å². The van der Waals surface area contributed by atoms with Crippen LogP contribution in [-0.4, -0.2) is 17.0 Å². The van der Waals surface area contributed by atoms with Crippen molar-refractivity contribution in [1.29, 1.82) is 0 Å². The first-order chi connectivity index (χ1) is 9.16. The molecule has 4 heteroatoms. The monoisotopic (exact) mass is 317 g/mol. The minimum Gasteiger partial charge on any atom is -0.327 e. The Labute approximate surface area is 130 Å². The van der Waals surface area contributed by atoms with Crippen molar-refractivity contribution in [1.82, 2.24) is 0 Å². The van der Waals surface area contributed by atoms with Gasteiger partial charge < -0.3 is 5.73 Å². The van der Waals surface area contributed by atoms with Gasteiger partial charge >= 0.3 is 0 Å². The minimum absolute atomic E-state index is 0.155. The van der Waals surface area contributed by atoms with Gasteiger partial charge in [0, 0.05) is 17.0 Å². The predicted octanol–water partition coefficient (Wildman–Crippen LogP) is 4.93. The number of nitrogens with two attached hydrogens (primary N) is 1. The van der Waals surface area contributed by atoms with Crippen molar-refractivity contribution >= 4 is 35.0 Å². The Bertz CT molecular complexity index is 405. The molecule has 0 radical (unpaired) electrons. The Morgan fingerprint density at radius 3 is 2.68 bits per heavy atom. The van der Waals surface area contributed by atoms with Gasteiger partial charge in [0.25, 0.3) is 0 Å². The average molecular weight is 318 g/mol. The molecule has 2 rings (SSSR count). The first kappa shape index (κ1) is 15.5. The Morgan fingerprint density at radius 2 is 1.95 bits per heavy atom. The summed E-state index contributed by atoms with van der Waals surface area (Å²) in [6.07, 6.45) is 7.69. The lowest BCUT2D eigenvalue weighted by Gasteiger charge is -2.22. The molecule has 1 atom stereocenters. The molecule has 0 saturated heterocycles. The zero-order chi connectivity index (χ0) is 13.7. The molecule has 0 spiro atoms. The standard InChI is InChI=1S/C15H21Cl2NS/c16-14-8-4-5-11(15(14)17)9-12(18)10-19-13-6-2-1-3-7-13/h4-5,8,12-13H,1-3,6-7,9-10,18H2. The summed E-state index contributed by atoms with van der Waals surface area (Å²) in [5, 5.41) is 2.09. The van der Waals surface area contributed by atoms with E-state index in [-0.39, 0.29) is 6.04 Å². The molecule has 0 aromatic heterocycles. The van der Waals surface area contributed by atoms with E-state index < -0.39 is 0 Å². The van der Waals surface area contributed by atoms with Crippen molar-refractivity contribution in [3.05, 3.63) is 33.8 Å². The first-order valence-corrected chi connectivity index (χ1v) is 8.77. The summed E-state index contributed by atoms with van der Waals surface area (Å²) in [5.74, 6) is 1.01. The van der Waals surface area contributed by atoms with Crippen molar-refractivity contribution in [3.8, 4) is 0 Å². The Balaban J connectivity index is 1.80. The highest BCUT2D eigenvalue weighted by atomic mass is 35.5. The van der Waals surface area contributed by atoms with E-state index in [1.54, 1.807) is 0 Å². The van der Waals surface area contributed by atoms with Crippen LogP contribution in [0.15, 0.2) is 18.2 Å². The van der Waals surface area contributed by atoms with Crippen LogP contribution < -0.4 is 5.73 Å². The van der Waals surface area contributed by atoms with Crippen molar-refractivity contribution in [2.75, 3.05) is 5.75 Å². The third-order valence-electron chi connectivity index (χ3n) is 3.61. The maximum atomic E-state index is 6.22. The van der Waals surface area contributed by atoms with Gasteiger partial charge in [0.15, 0.2) is 0 Å². The van der Waals surface area contributed by atoms with Gasteiger partial charge in [-0.1, -0.05) is 54.6 Å². The molecule has 2 N–H and O–H groups in total. The number of benzene rings is 1. The van der Waals surface area contributed by atoms with Crippen LogP contribution >= 0.6 is 35.0 Å². The zero-order valence-electron chi connectivity index (χ0n) is 11.1.